The second-order valence-corrected chi connectivity index (χ2v) is 6.24. The van der Waals surface area contributed by atoms with Gasteiger partial charge < -0.3 is 15.4 Å². The van der Waals surface area contributed by atoms with Crippen LogP contribution in [0.5, 0.6) is 0 Å². The van der Waals surface area contributed by atoms with E-state index >= 15 is 0 Å². The zero-order valence-corrected chi connectivity index (χ0v) is 15.5. The van der Waals surface area contributed by atoms with Crippen molar-refractivity contribution in [2.24, 2.45) is 0 Å². The molecule has 0 saturated carbocycles. The van der Waals surface area contributed by atoms with Gasteiger partial charge >= 0.3 is 0 Å². The number of aromatic nitrogens is 2. The molecule has 0 saturated heterocycles. The summed E-state index contributed by atoms with van der Waals surface area (Å²) in [7, 11) is 1.61. The van der Waals surface area contributed by atoms with Gasteiger partial charge in [0.25, 0.3) is 11.8 Å². The third-order valence-electron chi connectivity index (χ3n) is 3.88. The maximum absolute atomic E-state index is 12.7. The van der Waals surface area contributed by atoms with E-state index in [1.807, 2.05) is 0 Å². The van der Waals surface area contributed by atoms with E-state index in [4.69, 9.17) is 16.3 Å². The first-order valence-electron chi connectivity index (χ1n) is 8.41. The van der Waals surface area contributed by atoms with Gasteiger partial charge in [0, 0.05) is 37.2 Å². The van der Waals surface area contributed by atoms with Crippen LogP contribution in [0.3, 0.4) is 0 Å². The Balaban J connectivity index is 1.84. The molecule has 0 aliphatic heterocycles. The Morgan fingerprint density at radius 2 is 1.93 bits per heavy atom. The lowest BCUT2D eigenvalue weighted by Crippen LogP contribution is -2.27. The summed E-state index contributed by atoms with van der Waals surface area (Å²) in [5, 5.41) is 6.13. The minimum absolute atomic E-state index is 0.157. The molecule has 8 heteroatoms. The molecule has 0 spiro atoms. The molecule has 3 rings (SSSR count). The third-order valence-corrected chi connectivity index (χ3v) is 4.13. The Kier molecular flexibility index (Phi) is 6.05. The second kappa shape index (κ2) is 8.66. The van der Waals surface area contributed by atoms with E-state index in [0.717, 1.165) is 0 Å². The van der Waals surface area contributed by atoms with Crippen molar-refractivity contribution in [3.63, 3.8) is 0 Å². The number of carbonyl (C=O) groups is 2. The van der Waals surface area contributed by atoms with E-state index in [9.17, 15) is 9.59 Å². The Bertz CT molecular complexity index is 953. The van der Waals surface area contributed by atoms with Gasteiger partial charge in [0.1, 0.15) is 0 Å². The highest BCUT2D eigenvalue weighted by Crippen LogP contribution is 2.17. The molecule has 2 heterocycles. The quantitative estimate of drug-likeness (QED) is 0.611. The number of methoxy groups -OCH3 is 1. The molecule has 0 atom stereocenters. The maximum Gasteiger partial charge on any atom is 0.287 e. The van der Waals surface area contributed by atoms with Gasteiger partial charge in [-0.05, 0) is 42.8 Å². The van der Waals surface area contributed by atoms with E-state index in [1.165, 1.54) is 0 Å². The number of pyridine rings is 1. The summed E-state index contributed by atoms with van der Waals surface area (Å²) in [5.74, 6) is -0.596. The third kappa shape index (κ3) is 4.45. The largest absolute Gasteiger partial charge is 0.385 e. The molecule has 2 aromatic heterocycles. The van der Waals surface area contributed by atoms with Crippen LogP contribution in [-0.2, 0) is 4.74 Å². The van der Waals surface area contributed by atoms with Gasteiger partial charge in [-0.15, -0.1) is 0 Å². The summed E-state index contributed by atoms with van der Waals surface area (Å²) in [5.41, 5.74) is 1.31. The van der Waals surface area contributed by atoms with Gasteiger partial charge in [-0.25, -0.2) is 4.98 Å². The van der Waals surface area contributed by atoms with Crippen molar-refractivity contribution in [3.8, 4) is 0 Å². The van der Waals surface area contributed by atoms with Crippen molar-refractivity contribution in [1.29, 1.82) is 0 Å². The summed E-state index contributed by atoms with van der Waals surface area (Å²) in [6.07, 6.45) is 2.39. The highest BCUT2D eigenvalue weighted by molar-refractivity contribution is 6.30. The maximum atomic E-state index is 12.7. The number of amides is 2. The number of rotatable bonds is 7. The highest BCUT2D eigenvalue weighted by Gasteiger charge is 2.21. The van der Waals surface area contributed by atoms with E-state index in [1.54, 1.807) is 60.2 Å². The number of fused-ring (bicyclic) bond motifs is 1. The van der Waals surface area contributed by atoms with Gasteiger partial charge in [0.2, 0.25) is 5.82 Å². The number of benzene rings is 1. The molecule has 0 bridgehead atoms. The van der Waals surface area contributed by atoms with Crippen molar-refractivity contribution in [2.45, 2.75) is 6.42 Å². The van der Waals surface area contributed by atoms with Crippen LogP contribution in [0.15, 0.2) is 48.7 Å². The summed E-state index contributed by atoms with van der Waals surface area (Å²) in [4.78, 5) is 29.4. The van der Waals surface area contributed by atoms with E-state index in [0.29, 0.717) is 35.8 Å². The SMILES string of the molecule is COCCCNC(=O)c1nc(C(=O)Nc2ccc(Cl)cc2)c2ccccn12. The average molecular weight is 387 g/mol. The fourth-order valence-corrected chi connectivity index (χ4v) is 2.71. The molecule has 2 N–H and O–H groups in total. The fourth-order valence-electron chi connectivity index (χ4n) is 2.59. The molecule has 0 radical (unpaired) electrons. The Morgan fingerprint density at radius 1 is 1.15 bits per heavy atom. The van der Waals surface area contributed by atoms with E-state index in [-0.39, 0.29) is 17.4 Å². The lowest BCUT2D eigenvalue weighted by molar-refractivity contribution is 0.0937. The smallest absolute Gasteiger partial charge is 0.287 e. The molecule has 1 aromatic carbocycles. The molecule has 140 valence electrons. The van der Waals surface area contributed by atoms with Gasteiger partial charge in [0.15, 0.2) is 5.69 Å². The number of nitrogens with one attached hydrogen (secondary N) is 2. The summed E-state index contributed by atoms with van der Waals surface area (Å²) >= 11 is 5.86. The minimum Gasteiger partial charge on any atom is -0.385 e. The monoisotopic (exact) mass is 386 g/mol. The van der Waals surface area contributed by atoms with Crippen LogP contribution in [0, 0.1) is 0 Å². The standard InChI is InChI=1S/C19H19ClN4O3/c1-27-12-4-10-21-19(26)17-23-16(15-5-2-3-11-24(15)17)18(25)22-14-8-6-13(20)7-9-14/h2-3,5-9,11H,4,10,12H2,1H3,(H,21,26)(H,22,25). The van der Waals surface area contributed by atoms with Gasteiger partial charge in [-0.3, -0.25) is 14.0 Å². The Labute approximate surface area is 161 Å². The van der Waals surface area contributed by atoms with Crippen LogP contribution in [0.4, 0.5) is 5.69 Å². The van der Waals surface area contributed by atoms with Crippen LogP contribution in [0.25, 0.3) is 5.52 Å². The van der Waals surface area contributed by atoms with Crippen molar-refractivity contribution in [1.82, 2.24) is 14.7 Å². The predicted molar refractivity (Wildman–Crippen MR) is 103 cm³/mol. The van der Waals surface area contributed by atoms with E-state index in [2.05, 4.69) is 15.6 Å². The summed E-state index contributed by atoms with van der Waals surface area (Å²) in [6, 6.07) is 12.1. The topological polar surface area (TPSA) is 84.7 Å². The van der Waals surface area contributed by atoms with Gasteiger partial charge in [0.05, 0.1) is 5.52 Å². The first kappa shape index (κ1) is 18.9. The molecule has 0 unspecified atom stereocenters. The molecule has 7 nitrogen and oxygen atoms in total. The molecule has 3 aromatic rings. The number of carbonyl (C=O) groups excluding carboxylic acids is 2. The molecular weight excluding hydrogens is 368 g/mol. The van der Waals surface area contributed by atoms with Crippen molar-refractivity contribution >= 4 is 34.6 Å². The lowest BCUT2D eigenvalue weighted by Gasteiger charge is -2.03. The number of hydrogen-bond acceptors (Lipinski definition) is 4. The van der Waals surface area contributed by atoms with Crippen molar-refractivity contribution < 1.29 is 14.3 Å². The zero-order chi connectivity index (χ0) is 19.2. The fraction of sp³-hybridized carbons (Fsp3) is 0.211. The highest BCUT2D eigenvalue weighted by atomic mass is 35.5. The summed E-state index contributed by atoms with van der Waals surface area (Å²) in [6.45, 7) is 1.01. The van der Waals surface area contributed by atoms with E-state index < -0.39 is 5.91 Å². The van der Waals surface area contributed by atoms with Gasteiger partial charge in [-0.1, -0.05) is 17.7 Å². The van der Waals surface area contributed by atoms with Crippen LogP contribution < -0.4 is 10.6 Å². The Hall–Kier alpha value is -2.90. The molecule has 0 aliphatic rings. The van der Waals surface area contributed by atoms with Crippen LogP contribution in [0.2, 0.25) is 5.02 Å². The molecule has 0 aliphatic carbocycles. The number of halogens is 1. The number of hydrogen-bond donors (Lipinski definition) is 2. The van der Waals surface area contributed by atoms with Crippen molar-refractivity contribution in [3.05, 3.63) is 65.2 Å². The lowest BCUT2D eigenvalue weighted by atomic mass is 10.3. The number of ether oxygens (including phenoxy) is 1. The molecule has 27 heavy (non-hydrogen) atoms. The molecule has 2 amide bonds. The number of anilines is 1. The summed E-state index contributed by atoms with van der Waals surface area (Å²) < 4.78 is 6.57. The van der Waals surface area contributed by atoms with Crippen LogP contribution in [-0.4, -0.2) is 41.5 Å². The first-order chi connectivity index (χ1) is 13.1. The molecular formula is C19H19ClN4O3. The average Bonchev–Trinajstić information content (AvgIpc) is 3.07. The van der Waals surface area contributed by atoms with Crippen molar-refractivity contribution in [2.75, 3.05) is 25.6 Å². The van der Waals surface area contributed by atoms with Crippen LogP contribution in [0.1, 0.15) is 27.5 Å². The van der Waals surface area contributed by atoms with Crippen LogP contribution >= 0.6 is 11.6 Å². The molecule has 0 fully saturated rings. The van der Waals surface area contributed by atoms with Gasteiger partial charge in [-0.2, -0.15) is 0 Å². The normalized spacial score (nSPS) is 10.7. The first-order valence-corrected chi connectivity index (χ1v) is 8.79. The zero-order valence-electron chi connectivity index (χ0n) is 14.7. The Morgan fingerprint density at radius 3 is 2.67 bits per heavy atom. The number of nitrogens with zero attached hydrogens (tertiary/aromatic N) is 2. The number of imidazole rings is 1. The predicted octanol–water partition coefficient (Wildman–Crippen LogP) is 3.01. The minimum atomic E-state index is -0.403. The second-order valence-electron chi connectivity index (χ2n) is 5.80.